The van der Waals surface area contributed by atoms with Gasteiger partial charge < -0.3 is 9.47 Å². The molecule has 1 aliphatic heterocycles. The third-order valence-corrected chi connectivity index (χ3v) is 6.31. The van der Waals surface area contributed by atoms with Gasteiger partial charge >= 0.3 is 6.11 Å². The molecule has 0 radical (unpaired) electrons. The van der Waals surface area contributed by atoms with E-state index >= 15 is 0 Å². The number of rotatable bonds is 8. The molecule has 3 rings (SSSR count). The van der Waals surface area contributed by atoms with E-state index in [1.807, 2.05) is 0 Å². The van der Waals surface area contributed by atoms with Gasteiger partial charge in [0.1, 0.15) is 0 Å². The van der Waals surface area contributed by atoms with Gasteiger partial charge in [-0.3, -0.25) is 4.74 Å². The maximum Gasteiger partial charge on any atom is 0.390 e. The fourth-order valence-corrected chi connectivity index (χ4v) is 4.64. The first-order chi connectivity index (χ1) is 14.7. The monoisotopic (exact) mass is 450 g/mol. The molecule has 1 saturated heterocycles. The summed E-state index contributed by atoms with van der Waals surface area (Å²) in [6, 6.07) is 2.07. The molecule has 1 aromatic rings. The van der Waals surface area contributed by atoms with Gasteiger partial charge in [-0.05, 0) is 55.6 Å². The average Bonchev–Trinajstić information content (AvgIpc) is 2.73. The summed E-state index contributed by atoms with van der Waals surface area (Å²) in [6.45, 7) is 1.07. The minimum absolute atomic E-state index is 0.124. The molecule has 2 fully saturated rings. The van der Waals surface area contributed by atoms with Crippen LogP contribution in [0.15, 0.2) is 12.1 Å². The van der Waals surface area contributed by atoms with Crippen molar-refractivity contribution in [3.63, 3.8) is 0 Å². The second-order valence-electron chi connectivity index (χ2n) is 8.78. The normalized spacial score (nSPS) is 29.8. The molecule has 0 N–H and O–H groups in total. The topological polar surface area (TPSA) is 27.7 Å². The summed E-state index contributed by atoms with van der Waals surface area (Å²) in [5, 5.41) is 0. The van der Waals surface area contributed by atoms with Crippen LogP contribution in [0.3, 0.4) is 0 Å². The van der Waals surface area contributed by atoms with Gasteiger partial charge in [0, 0.05) is 0 Å². The second-order valence-corrected chi connectivity index (χ2v) is 8.78. The molecule has 31 heavy (non-hydrogen) atoms. The van der Waals surface area contributed by atoms with Crippen molar-refractivity contribution in [2.24, 2.45) is 5.92 Å². The van der Waals surface area contributed by atoms with E-state index in [-0.39, 0.29) is 17.9 Å². The van der Waals surface area contributed by atoms with Crippen LogP contribution in [0.4, 0.5) is 22.0 Å². The van der Waals surface area contributed by atoms with Gasteiger partial charge in [-0.2, -0.15) is 8.78 Å². The maximum absolute atomic E-state index is 14.7. The Labute approximate surface area is 180 Å². The zero-order valence-electron chi connectivity index (χ0n) is 18.1. The van der Waals surface area contributed by atoms with Gasteiger partial charge in [0.2, 0.25) is 0 Å². The number of ether oxygens (including phenoxy) is 3. The number of benzene rings is 1. The second kappa shape index (κ2) is 10.1. The van der Waals surface area contributed by atoms with E-state index in [0.717, 1.165) is 31.7 Å². The summed E-state index contributed by atoms with van der Waals surface area (Å²) in [5.41, 5.74) is -2.89. The van der Waals surface area contributed by atoms with E-state index in [0.29, 0.717) is 25.2 Å². The molecular weight excluding hydrogens is 419 g/mol. The van der Waals surface area contributed by atoms with Crippen LogP contribution in [0.1, 0.15) is 82.3 Å². The van der Waals surface area contributed by atoms with Gasteiger partial charge in [-0.15, -0.1) is 0 Å². The summed E-state index contributed by atoms with van der Waals surface area (Å²) < 4.78 is 87.0. The molecule has 8 heteroatoms. The number of alkyl halides is 3. The number of halogens is 5. The molecule has 0 amide bonds. The first-order valence-electron chi connectivity index (χ1n) is 11.1. The molecule has 0 aromatic heterocycles. The van der Waals surface area contributed by atoms with Gasteiger partial charge in [-0.1, -0.05) is 39.2 Å². The Morgan fingerprint density at radius 2 is 1.65 bits per heavy atom. The summed E-state index contributed by atoms with van der Waals surface area (Å²) in [5.74, 6) is -2.51. The first kappa shape index (κ1) is 24.4. The molecule has 176 valence electrons. The third kappa shape index (κ3) is 5.76. The molecule has 1 saturated carbocycles. The van der Waals surface area contributed by atoms with Crippen molar-refractivity contribution in [1.82, 2.24) is 0 Å². The van der Waals surface area contributed by atoms with Crippen molar-refractivity contribution in [2.45, 2.75) is 89.4 Å². The molecule has 2 aliphatic rings. The standard InChI is InChI=1S/C23H31F5O3/c1-3-5-15-6-8-16(9-7-15)17-10-11-18(20(25)19(17)24)23(27,28)31-21-29-13-22(26,12-4-2)14-30-21/h10-11,15-16,21H,3-9,12-14H2,1-2H3. The van der Waals surface area contributed by atoms with Crippen LogP contribution in [0, 0.1) is 17.6 Å². The zero-order valence-corrected chi connectivity index (χ0v) is 18.1. The molecule has 1 aromatic carbocycles. The molecule has 1 heterocycles. The van der Waals surface area contributed by atoms with Crippen LogP contribution in [0.5, 0.6) is 0 Å². The van der Waals surface area contributed by atoms with Gasteiger partial charge in [0.25, 0.3) is 6.48 Å². The lowest BCUT2D eigenvalue weighted by molar-refractivity contribution is -0.420. The summed E-state index contributed by atoms with van der Waals surface area (Å²) >= 11 is 0. The SMILES string of the molecule is CCCC1CCC(c2ccc(C(F)(F)OC3OCC(F)(CCC)CO3)c(F)c2F)CC1. The van der Waals surface area contributed by atoms with Crippen LogP contribution >= 0.6 is 0 Å². The Bertz CT molecular complexity index is 726. The first-order valence-corrected chi connectivity index (χ1v) is 11.1. The molecule has 1 aliphatic carbocycles. The lowest BCUT2D eigenvalue weighted by Crippen LogP contribution is -2.46. The minimum atomic E-state index is -4.20. The predicted octanol–water partition coefficient (Wildman–Crippen LogP) is 6.94. The van der Waals surface area contributed by atoms with E-state index in [4.69, 9.17) is 9.47 Å². The lowest BCUT2D eigenvalue weighted by atomic mass is 9.77. The lowest BCUT2D eigenvalue weighted by Gasteiger charge is -2.35. The largest absolute Gasteiger partial charge is 0.390 e. The highest BCUT2D eigenvalue weighted by Crippen LogP contribution is 2.41. The van der Waals surface area contributed by atoms with Crippen molar-refractivity contribution in [2.75, 3.05) is 13.2 Å². The van der Waals surface area contributed by atoms with E-state index < -0.39 is 48.7 Å². The smallest absolute Gasteiger partial charge is 0.326 e. The van der Waals surface area contributed by atoms with Crippen molar-refractivity contribution in [3.8, 4) is 0 Å². The van der Waals surface area contributed by atoms with Crippen molar-refractivity contribution < 1.29 is 36.2 Å². The predicted molar refractivity (Wildman–Crippen MR) is 105 cm³/mol. The van der Waals surface area contributed by atoms with Crippen LogP contribution in [-0.4, -0.2) is 25.4 Å². The molecule has 3 nitrogen and oxygen atoms in total. The average molecular weight is 450 g/mol. The summed E-state index contributed by atoms with van der Waals surface area (Å²) in [6.07, 6.45) is 1.93. The molecular formula is C23H31F5O3. The zero-order chi connectivity index (χ0) is 22.6. The van der Waals surface area contributed by atoms with E-state index in [1.165, 1.54) is 6.07 Å². The van der Waals surface area contributed by atoms with Crippen molar-refractivity contribution in [1.29, 1.82) is 0 Å². The fourth-order valence-electron chi connectivity index (χ4n) is 4.64. The van der Waals surface area contributed by atoms with E-state index in [2.05, 4.69) is 11.7 Å². The minimum Gasteiger partial charge on any atom is -0.326 e. The van der Waals surface area contributed by atoms with Crippen molar-refractivity contribution >= 4 is 0 Å². The van der Waals surface area contributed by atoms with Crippen LogP contribution in [-0.2, 0) is 20.3 Å². The highest BCUT2D eigenvalue weighted by molar-refractivity contribution is 5.31. The van der Waals surface area contributed by atoms with E-state index in [1.54, 1.807) is 6.92 Å². The highest BCUT2D eigenvalue weighted by Gasteiger charge is 2.45. The Balaban J connectivity index is 1.66. The quantitative estimate of drug-likeness (QED) is 0.402. The highest BCUT2D eigenvalue weighted by atomic mass is 19.3. The van der Waals surface area contributed by atoms with Crippen LogP contribution in [0.25, 0.3) is 0 Å². The fraction of sp³-hybridized carbons (Fsp3) is 0.739. The van der Waals surface area contributed by atoms with E-state index in [9.17, 15) is 22.0 Å². The molecule has 0 bridgehead atoms. The number of hydrogen-bond acceptors (Lipinski definition) is 3. The molecule has 0 unspecified atom stereocenters. The summed E-state index contributed by atoms with van der Waals surface area (Å²) in [7, 11) is 0. The molecule has 0 atom stereocenters. The third-order valence-electron chi connectivity index (χ3n) is 6.31. The Hall–Kier alpha value is -1.25. The Morgan fingerprint density at radius 3 is 2.23 bits per heavy atom. The summed E-state index contributed by atoms with van der Waals surface area (Å²) in [4.78, 5) is 0. The van der Waals surface area contributed by atoms with Gasteiger partial charge in [0.05, 0.1) is 18.8 Å². The molecule has 0 spiro atoms. The van der Waals surface area contributed by atoms with Crippen molar-refractivity contribution in [3.05, 3.63) is 34.9 Å². The van der Waals surface area contributed by atoms with Gasteiger partial charge in [-0.25, -0.2) is 13.2 Å². The Morgan fingerprint density at radius 1 is 1.00 bits per heavy atom. The van der Waals surface area contributed by atoms with Crippen LogP contribution in [0.2, 0.25) is 0 Å². The van der Waals surface area contributed by atoms with Crippen LogP contribution < -0.4 is 0 Å². The Kier molecular flexibility index (Phi) is 7.97. The maximum atomic E-state index is 14.7. The number of hydrogen-bond donors (Lipinski definition) is 0. The van der Waals surface area contributed by atoms with Gasteiger partial charge in [0.15, 0.2) is 17.3 Å².